The molecular formula is C18H13N3O3. The summed E-state index contributed by atoms with van der Waals surface area (Å²) in [7, 11) is 0. The molecule has 0 bridgehead atoms. The van der Waals surface area contributed by atoms with Gasteiger partial charge in [-0.15, -0.1) is 5.10 Å². The molecular weight excluding hydrogens is 306 g/mol. The van der Waals surface area contributed by atoms with Crippen molar-refractivity contribution in [1.29, 1.82) is 0 Å². The molecule has 2 aromatic heterocycles. The van der Waals surface area contributed by atoms with Crippen LogP contribution in [0.5, 0.6) is 0 Å². The molecule has 0 saturated heterocycles. The van der Waals surface area contributed by atoms with Gasteiger partial charge in [0.15, 0.2) is 0 Å². The van der Waals surface area contributed by atoms with Crippen molar-refractivity contribution in [3.05, 3.63) is 80.4 Å². The van der Waals surface area contributed by atoms with Crippen LogP contribution >= 0.6 is 0 Å². The number of aryl methyl sites for hydroxylation is 1. The van der Waals surface area contributed by atoms with E-state index >= 15 is 0 Å². The van der Waals surface area contributed by atoms with E-state index in [4.69, 9.17) is 4.42 Å². The van der Waals surface area contributed by atoms with Gasteiger partial charge in [-0.3, -0.25) is 4.79 Å². The zero-order valence-corrected chi connectivity index (χ0v) is 12.9. The summed E-state index contributed by atoms with van der Waals surface area (Å²) in [5, 5.41) is 9.32. The van der Waals surface area contributed by atoms with Gasteiger partial charge in [-0.1, -0.05) is 29.5 Å². The van der Waals surface area contributed by atoms with Crippen molar-refractivity contribution in [3.63, 3.8) is 0 Å². The van der Waals surface area contributed by atoms with Gasteiger partial charge in [-0.05, 0) is 36.2 Å². The third-order valence-electron chi connectivity index (χ3n) is 3.94. The van der Waals surface area contributed by atoms with Crippen molar-refractivity contribution in [1.82, 2.24) is 15.0 Å². The van der Waals surface area contributed by atoms with E-state index in [2.05, 4.69) is 10.3 Å². The molecule has 0 N–H and O–H groups in total. The standard InChI is InChI=1S/C18H13N3O3/c1-11-6-7-13-12(9-17(22)24-16(13)8-11)10-21-18(23)14-4-2-3-5-15(14)19-20-21/h2-9H,10H2,1H3. The maximum atomic E-state index is 12.6. The highest BCUT2D eigenvalue weighted by molar-refractivity contribution is 5.81. The average Bonchev–Trinajstić information content (AvgIpc) is 2.57. The Morgan fingerprint density at radius 2 is 1.88 bits per heavy atom. The third kappa shape index (κ3) is 2.38. The van der Waals surface area contributed by atoms with E-state index in [1.165, 1.54) is 10.7 Å². The van der Waals surface area contributed by atoms with Crippen molar-refractivity contribution in [2.45, 2.75) is 13.5 Å². The number of hydrogen-bond acceptors (Lipinski definition) is 5. The van der Waals surface area contributed by atoms with E-state index in [0.717, 1.165) is 10.9 Å². The fraction of sp³-hybridized carbons (Fsp3) is 0.111. The molecule has 24 heavy (non-hydrogen) atoms. The highest BCUT2D eigenvalue weighted by Gasteiger charge is 2.10. The van der Waals surface area contributed by atoms with Gasteiger partial charge in [0.1, 0.15) is 11.1 Å². The molecule has 0 fully saturated rings. The van der Waals surface area contributed by atoms with Crippen molar-refractivity contribution >= 4 is 21.9 Å². The smallest absolute Gasteiger partial charge is 0.336 e. The first-order valence-electron chi connectivity index (χ1n) is 7.48. The van der Waals surface area contributed by atoms with Crippen LogP contribution in [0.4, 0.5) is 0 Å². The quantitative estimate of drug-likeness (QED) is 0.530. The van der Waals surface area contributed by atoms with Crippen LogP contribution in [0.1, 0.15) is 11.1 Å². The minimum absolute atomic E-state index is 0.155. The van der Waals surface area contributed by atoms with Gasteiger partial charge in [0.2, 0.25) is 0 Å². The lowest BCUT2D eigenvalue weighted by atomic mass is 10.1. The zero-order chi connectivity index (χ0) is 16.7. The molecule has 0 aliphatic rings. The molecule has 0 spiro atoms. The van der Waals surface area contributed by atoms with Crippen LogP contribution in [0, 0.1) is 6.92 Å². The van der Waals surface area contributed by atoms with Crippen LogP contribution in [0.15, 0.2) is 62.5 Å². The minimum atomic E-state index is -0.454. The summed E-state index contributed by atoms with van der Waals surface area (Å²) < 4.78 is 6.50. The first-order valence-corrected chi connectivity index (χ1v) is 7.48. The summed E-state index contributed by atoms with van der Waals surface area (Å²) in [5.41, 5.74) is 2.02. The Morgan fingerprint density at radius 3 is 2.75 bits per heavy atom. The van der Waals surface area contributed by atoms with Crippen LogP contribution in [-0.2, 0) is 6.54 Å². The summed E-state index contributed by atoms with van der Waals surface area (Å²) in [6.45, 7) is 2.08. The Kier molecular flexibility index (Phi) is 3.23. The molecule has 0 aliphatic carbocycles. The molecule has 0 atom stereocenters. The summed E-state index contributed by atoms with van der Waals surface area (Å²) in [6, 6.07) is 14.0. The largest absolute Gasteiger partial charge is 0.423 e. The van der Waals surface area contributed by atoms with Crippen molar-refractivity contribution < 1.29 is 4.42 Å². The van der Waals surface area contributed by atoms with Crippen LogP contribution in [-0.4, -0.2) is 15.0 Å². The van der Waals surface area contributed by atoms with Gasteiger partial charge in [0.05, 0.1) is 11.9 Å². The average molecular weight is 319 g/mol. The lowest BCUT2D eigenvalue weighted by molar-refractivity contribution is 0.551. The Morgan fingerprint density at radius 1 is 1.04 bits per heavy atom. The van der Waals surface area contributed by atoms with E-state index < -0.39 is 5.63 Å². The summed E-state index contributed by atoms with van der Waals surface area (Å²) >= 11 is 0. The molecule has 2 heterocycles. The van der Waals surface area contributed by atoms with Gasteiger partial charge in [0.25, 0.3) is 5.56 Å². The Hall–Kier alpha value is -3.28. The number of aromatic nitrogens is 3. The lowest BCUT2D eigenvalue weighted by Crippen LogP contribution is -2.25. The fourth-order valence-electron chi connectivity index (χ4n) is 2.76. The first kappa shape index (κ1) is 14.3. The third-order valence-corrected chi connectivity index (χ3v) is 3.94. The first-order chi connectivity index (χ1) is 11.6. The number of rotatable bonds is 2. The predicted molar refractivity (Wildman–Crippen MR) is 90.1 cm³/mol. The molecule has 6 nitrogen and oxygen atoms in total. The summed E-state index contributed by atoms with van der Waals surface area (Å²) in [6.07, 6.45) is 0. The van der Waals surface area contributed by atoms with Crippen molar-refractivity contribution in [2.24, 2.45) is 0 Å². The maximum absolute atomic E-state index is 12.6. The highest BCUT2D eigenvalue weighted by atomic mass is 16.4. The molecule has 0 aliphatic heterocycles. The van der Waals surface area contributed by atoms with Gasteiger partial charge in [0, 0.05) is 11.5 Å². The van der Waals surface area contributed by atoms with Crippen molar-refractivity contribution in [2.75, 3.05) is 0 Å². The molecule has 0 amide bonds. The normalized spacial score (nSPS) is 11.2. The number of benzene rings is 2. The lowest BCUT2D eigenvalue weighted by Gasteiger charge is -2.08. The molecule has 6 heteroatoms. The topological polar surface area (TPSA) is 78.0 Å². The molecule has 2 aromatic carbocycles. The van der Waals surface area contributed by atoms with Crippen LogP contribution < -0.4 is 11.2 Å². The highest BCUT2D eigenvalue weighted by Crippen LogP contribution is 2.19. The molecule has 0 unspecified atom stereocenters. The second-order valence-electron chi connectivity index (χ2n) is 5.66. The molecule has 0 saturated carbocycles. The van der Waals surface area contributed by atoms with Crippen molar-refractivity contribution in [3.8, 4) is 0 Å². The number of nitrogens with zero attached hydrogens (tertiary/aromatic N) is 3. The molecule has 118 valence electrons. The SMILES string of the molecule is Cc1ccc2c(Cn3nnc4ccccc4c3=O)cc(=O)oc2c1. The van der Waals surface area contributed by atoms with Gasteiger partial charge in [-0.2, -0.15) is 0 Å². The zero-order valence-electron chi connectivity index (χ0n) is 12.9. The van der Waals surface area contributed by atoms with E-state index in [9.17, 15) is 9.59 Å². The van der Waals surface area contributed by atoms with Gasteiger partial charge >= 0.3 is 5.63 Å². The summed E-state index contributed by atoms with van der Waals surface area (Å²) in [5.74, 6) is 0. The fourth-order valence-corrected chi connectivity index (χ4v) is 2.76. The Bertz CT molecular complexity index is 1190. The van der Waals surface area contributed by atoms with Gasteiger partial charge < -0.3 is 4.42 Å². The number of fused-ring (bicyclic) bond motifs is 2. The summed E-state index contributed by atoms with van der Waals surface area (Å²) in [4.78, 5) is 24.4. The minimum Gasteiger partial charge on any atom is -0.423 e. The second kappa shape index (κ2) is 5.42. The van der Waals surface area contributed by atoms with E-state index in [0.29, 0.717) is 22.0 Å². The molecule has 0 radical (unpaired) electrons. The van der Waals surface area contributed by atoms with E-state index in [1.807, 2.05) is 19.1 Å². The molecule has 4 rings (SSSR count). The van der Waals surface area contributed by atoms with Crippen LogP contribution in [0.2, 0.25) is 0 Å². The van der Waals surface area contributed by atoms with Gasteiger partial charge in [-0.25, -0.2) is 9.48 Å². The van der Waals surface area contributed by atoms with E-state index in [-0.39, 0.29) is 12.1 Å². The molecule has 4 aromatic rings. The monoisotopic (exact) mass is 319 g/mol. The van der Waals surface area contributed by atoms with Crippen LogP contribution in [0.3, 0.4) is 0 Å². The maximum Gasteiger partial charge on any atom is 0.336 e. The van der Waals surface area contributed by atoms with Crippen LogP contribution in [0.25, 0.3) is 21.9 Å². The number of hydrogen-bond donors (Lipinski definition) is 0. The van der Waals surface area contributed by atoms with E-state index in [1.54, 1.807) is 30.3 Å². The second-order valence-corrected chi connectivity index (χ2v) is 5.66. The Balaban J connectivity index is 1.90. The predicted octanol–water partition coefficient (Wildman–Crippen LogP) is 2.25. The Labute approximate surface area is 136 Å².